The van der Waals surface area contributed by atoms with Gasteiger partial charge in [-0.2, -0.15) is 8.78 Å². The summed E-state index contributed by atoms with van der Waals surface area (Å²) in [6.45, 7) is 1.13. The van der Waals surface area contributed by atoms with Crippen LogP contribution in [0.25, 0.3) is 0 Å². The Kier molecular flexibility index (Phi) is 7.14. The number of carbonyl (C=O) groups is 1. The quantitative estimate of drug-likeness (QED) is 0.535. The van der Waals surface area contributed by atoms with Crippen LogP contribution in [-0.2, 0) is 4.79 Å². The number of alkyl halides is 2. The fourth-order valence-corrected chi connectivity index (χ4v) is 3.18. The first-order valence-corrected chi connectivity index (χ1v) is 9.62. The monoisotopic (exact) mass is 410 g/mol. The second-order valence-electron chi connectivity index (χ2n) is 7.04. The summed E-state index contributed by atoms with van der Waals surface area (Å²) in [5, 5.41) is 6.20. The first-order valence-electron chi connectivity index (χ1n) is 9.62. The molecule has 0 aliphatic rings. The molecule has 0 fully saturated rings. The minimum atomic E-state index is -2.87. The zero-order valence-corrected chi connectivity index (χ0v) is 16.9. The van der Waals surface area contributed by atoms with E-state index < -0.39 is 6.61 Å². The maximum Gasteiger partial charge on any atom is 0.387 e. The third-order valence-electron chi connectivity index (χ3n) is 4.71. The van der Waals surface area contributed by atoms with Crippen molar-refractivity contribution in [1.29, 1.82) is 0 Å². The molecule has 0 unspecified atom stereocenters. The lowest BCUT2D eigenvalue weighted by Gasteiger charge is -2.20. The lowest BCUT2D eigenvalue weighted by molar-refractivity contribution is -0.115. The maximum absolute atomic E-state index is 12.5. The predicted molar refractivity (Wildman–Crippen MR) is 114 cm³/mol. The van der Waals surface area contributed by atoms with Crippen LogP contribution < -0.4 is 15.4 Å². The maximum atomic E-state index is 12.5. The number of hydrogen-bond acceptors (Lipinski definition) is 3. The van der Waals surface area contributed by atoms with E-state index in [2.05, 4.69) is 15.4 Å². The summed E-state index contributed by atoms with van der Waals surface area (Å²) in [7, 11) is 0. The Morgan fingerprint density at radius 1 is 0.933 bits per heavy atom. The molecule has 3 rings (SSSR count). The number of rotatable bonds is 8. The Morgan fingerprint density at radius 2 is 1.60 bits per heavy atom. The van der Waals surface area contributed by atoms with Crippen molar-refractivity contribution in [3.05, 3.63) is 95.1 Å². The zero-order valence-electron chi connectivity index (χ0n) is 16.9. The smallest absolute Gasteiger partial charge is 0.387 e. The first-order chi connectivity index (χ1) is 14.4. The SMILES string of the molecule is Cc1ccc(C)c(NC(=O)CN[C@H](c2ccccc2)c2ccc(OC(F)F)cc2)c1. The minimum Gasteiger partial charge on any atom is -0.435 e. The van der Waals surface area contributed by atoms with E-state index >= 15 is 0 Å². The van der Waals surface area contributed by atoms with Gasteiger partial charge < -0.3 is 10.1 Å². The normalized spacial score (nSPS) is 11.9. The van der Waals surface area contributed by atoms with Gasteiger partial charge in [-0.3, -0.25) is 10.1 Å². The van der Waals surface area contributed by atoms with E-state index in [0.29, 0.717) is 0 Å². The number of hydrogen-bond donors (Lipinski definition) is 2. The Balaban J connectivity index is 1.73. The van der Waals surface area contributed by atoms with Crippen LogP contribution in [-0.4, -0.2) is 19.1 Å². The number of nitrogens with one attached hydrogen (secondary N) is 2. The zero-order chi connectivity index (χ0) is 21.5. The number of carbonyl (C=O) groups excluding carboxylic acids is 1. The number of ether oxygens (including phenoxy) is 1. The van der Waals surface area contributed by atoms with E-state index in [4.69, 9.17) is 0 Å². The number of halogens is 2. The molecule has 0 heterocycles. The van der Waals surface area contributed by atoms with Crippen LogP contribution >= 0.6 is 0 Å². The topological polar surface area (TPSA) is 50.4 Å². The highest BCUT2D eigenvalue weighted by Gasteiger charge is 2.16. The molecule has 1 amide bonds. The molecule has 0 spiro atoms. The highest BCUT2D eigenvalue weighted by atomic mass is 19.3. The molecule has 156 valence electrons. The largest absolute Gasteiger partial charge is 0.435 e. The molecule has 2 N–H and O–H groups in total. The number of benzene rings is 3. The van der Waals surface area contributed by atoms with Crippen molar-refractivity contribution in [2.45, 2.75) is 26.5 Å². The fraction of sp³-hybridized carbons (Fsp3) is 0.208. The number of amides is 1. The molecule has 0 aliphatic heterocycles. The summed E-state index contributed by atoms with van der Waals surface area (Å²) < 4.78 is 29.2. The van der Waals surface area contributed by atoms with Crippen molar-refractivity contribution in [3.63, 3.8) is 0 Å². The van der Waals surface area contributed by atoms with Crippen LogP contribution in [0, 0.1) is 13.8 Å². The van der Waals surface area contributed by atoms with Crippen LogP contribution in [0.5, 0.6) is 5.75 Å². The predicted octanol–water partition coefficient (Wildman–Crippen LogP) is 5.22. The molecular weight excluding hydrogens is 386 g/mol. The van der Waals surface area contributed by atoms with Crippen molar-refractivity contribution >= 4 is 11.6 Å². The molecule has 4 nitrogen and oxygen atoms in total. The molecule has 0 aromatic heterocycles. The summed E-state index contributed by atoms with van der Waals surface area (Å²) in [5.41, 5.74) is 4.63. The van der Waals surface area contributed by atoms with Crippen molar-refractivity contribution in [3.8, 4) is 5.75 Å². The van der Waals surface area contributed by atoms with Gasteiger partial charge in [-0.05, 0) is 54.3 Å². The third kappa shape index (κ3) is 5.87. The molecule has 0 bridgehead atoms. The van der Waals surface area contributed by atoms with Crippen LogP contribution in [0.3, 0.4) is 0 Å². The molecule has 0 saturated carbocycles. The summed E-state index contributed by atoms with van der Waals surface area (Å²) in [6, 6.07) is 21.7. The summed E-state index contributed by atoms with van der Waals surface area (Å²) in [4.78, 5) is 12.5. The van der Waals surface area contributed by atoms with Gasteiger partial charge in [0.05, 0.1) is 12.6 Å². The standard InChI is InChI=1S/C24H24F2N2O2/c1-16-8-9-17(2)21(14-16)28-22(29)15-27-23(18-6-4-3-5-7-18)19-10-12-20(13-11-19)30-24(25)26/h3-14,23-24,27H,15H2,1-2H3,(H,28,29)/t23-/m1/s1. The van der Waals surface area contributed by atoms with Gasteiger partial charge in [0.15, 0.2) is 0 Å². The van der Waals surface area contributed by atoms with Crippen molar-refractivity contribution < 1.29 is 18.3 Å². The molecule has 0 radical (unpaired) electrons. The Morgan fingerprint density at radius 3 is 2.27 bits per heavy atom. The van der Waals surface area contributed by atoms with Gasteiger partial charge in [-0.25, -0.2) is 0 Å². The lowest BCUT2D eigenvalue weighted by Crippen LogP contribution is -2.32. The average Bonchev–Trinajstić information content (AvgIpc) is 2.72. The van der Waals surface area contributed by atoms with Gasteiger partial charge in [0.2, 0.25) is 5.91 Å². The van der Waals surface area contributed by atoms with Crippen molar-refractivity contribution in [1.82, 2.24) is 5.32 Å². The molecule has 6 heteroatoms. The van der Waals surface area contributed by atoms with Gasteiger partial charge in [0, 0.05) is 5.69 Å². The Labute approximate surface area is 174 Å². The summed E-state index contributed by atoms with van der Waals surface area (Å²) in [6.07, 6.45) is 0. The summed E-state index contributed by atoms with van der Waals surface area (Å²) in [5.74, 6) is -0.0736. The molecule has 30 heavy (non-hydrogen) atoms. The van der Waals surface area contributed by atoms with Gasteiger partial charge >= 0.3 is 6.61 Å². The average molecular weight is 410 g/mol. The first kappa shape index (κ1) is 21.5. The number of anilines is 1. The number of aryl methyl sites for hydroxylation is 2. The molecule has 1 atom stereocenters. The van der Waals surface area contributed by atoms with Crippen LogP contribution in [0.15, 0.2) is 72.8 Å². The third-order valence-corrected chi connectivity index (χ3v) is 4.71. The molecule has 0 saturated heterocycles. The molecular formula is C24H24F2N2O2. The summed E-state index contributed by atoms with van der Waals surface area (Å²) >= 11 is 0. The van der Waals surface area contributed by atoms with E-state index in [-0.39, 0.29) is 24.2 Å². The van der Waals surface area contributed by atoms with Crippen molar-refractivity contribution in [2.75, 3.05) is 11.9 Å². The van der Waals surface area contributed by atoms with Gasteiger partial charge in [-0.15, -0.1) is 0 Å². The molecule has 3 aromatic carbocycles. The van der Waals surface area contributed by atoms with Crippen LogP contribution in [0.2, 0.25) is 0 Å². The fourth-order valence-electron chi connectivity index (χ4n) is 3.18. The lowest BCUT2D eigenvalue weighted by atomic mass is 9.98. The van der Waals surface area contributed by atoms with E-state index in [1.807, 2.05) is 62.4 Å². The van der Waals surface area contributed by atoms with E-state index in [1.165, 1.54) is 12.1 Å². The van der Waals surface area contributed by atoms with Gasteiger partial charge in [0.25, 0.3) is 0 Å². The van der Waals surface area contributed by atoms with Crippen LogP contribution in [0.4, 0.5) is 14.5 Å². The van der Waals surface area contributed by atoms with Gasteiger partial charge in [0.1, 0.15) is 5.75 Å². The highest BCUT2D eigenvalue weighted by molar-refractivity contribution is 5.93. The highest BCUT2D eigenvalue weighted by Crippen LogP contribution is 2.25. The minimum absolute atomic E-state index is 0.0855. The Bertz CT molecular complexity index is 976. The van der Waals surface area contributed by atoms with Crippen LogP contribution in [0.1, 0.15) is 28.3 Å². The Hall–Kier alpha value is -3.25. The second kappa shape index (κ2) is 9.98. The van der Waals surface area contributed by atoms with Crippen molar-refractivity contribution in [2.24, 2.45) is 0 Å². The second-order valence-corrected chi connectivity index (χ2v) is 7.04. The van der Waals surface area contributed by atoms with E-state index in [1.54, 1.807) is 12.1 Å². The molecule has 3 aromatic rings. The van der Waals surface area contributed by atoms with E-state index in [9.17, 15) is 13.6 Å². The van der Waals surface area contributed by atoms with Gasteiger partial charge in [-0.1, -0.05) is 54.6 Å². The van der Waals surface area contributed by atoms with E-state index in [0.717, 1.165) is 27.9 Å². The molecule has 0 aliphatic carbocycles.